The topological polar surface area (TPSA) is 298 Å². The van der Waals surface area contributed by atoms with Crippen LogP contribution in [0, 0.1) is 5.92 Å². The molecule has 1 aromatic carbocycles. The standard InChI is InChI=1S/C44H74N10O14/c1-6-15-60-17-19-62-21-23-64-25-27-66-28-26-65-24-22-63-20-18-61-16-14-54-30-37(51-53-54)29-47-44(59)67-31-35-9-11-36(12-10-35)48-41(56)38(8-7-13-46-43(45)58)49-42(57)40(33(2)3)50-39(55)32-68-52-34(4)5/h9-12,30,33,38,40H,6-8,13-29,31-32H2,1-5H3,(H,47,59)(H,48,56)(H,49,57)(H,50,55)(H3,45,46,58)/t38-,40-/m0/s1. The molecular weight excluding hydrogens is 893 g/mol. The Morgan fingerprint density at radius 3 is 1.82 bits per heavy atom. The first-order valence-electron chi connectivity index (χ1n) is 22.9. The lowest BCUT2D eigenvalue weighted by atomic mass is 10.0. The second-order valence-electron chi connectivity index (χ2n) is 15.5. The van der Waals surface area contributed by atoms with E-state index >= 15 is 0 Å². The SMILES string of the molecule is CCCOCCOCCOCCOCCOCCOCCOCCn1cc(CNC(=O)OCc2ccc(NC(=O)[C@H](CCCNC(N)=O)NC(=O)[C@@H](NC(=O)CON=C(C)C)C(C)C)cc2)nn1. The molecule has 1 heterocycles. The lowest BCUT2D eigenvalue weighted by molar-refractivity contribution is -0.133. The number of carbonyl (C=O) groups is 5. The Balaban J connectivity index is 1.61. The van der Waals surface area contributed by atoms with Crippen molar-refractivity contribution in [1.82, 2.24) is 36.3 Å². The maximum Gasteiger partial charge on any atom is 0.407 e. The summed E-state index contributed by atoms with van der Waals surface area (Å²) >= 11 is 0. The van der Waals surface area contributed by atoms with E-state index in [2.05, 4.69) is 49.0 Å². The number of rotatable bonds is 40. The van der Waals surface area contributed by atoms with Crippen LogP contribution in [0.4, 0.5) is 15.3 Å². The number of ether oxygens (including phenoxy) is 8. The van der Waals surface area contributed by atoms with Crippen LogP contribution in [0.1, 0.15) is 65.1 Å². The predicted octanol–water partition coefficient (Wildman–Crippen LogP) is 1.66. The summed E-state index contributed by atoms with van der Waals surface area (Å²) in [4.78, 5) is 67.7. The fraction of sp³-hybridized carbons (Fsp3) is 0.682. The highest BCUT2D eigenvalue weighted by Gasteiger charge is 2.29. The fourth-order valence-corrected chi connectivity index (χ4v) is 5.55. The number of hydrogen-bond acceptors (Lipinski definition) is 17. The number of nitrogens with one attached hydrogen (secondary N) is 5. The lowest BCUT2D eigenvalue weighted by Crippen LogP contribution is -2.55. The van der Waals surface area contributed by atoms with E-state index in [1.807, 2.05) is 0 Å². The molecule has 24 heteroatoms. The molecule has 0 aliphatic heterocycles. The van der Waals surface area contributed by atoms with Gasteiger partial charge >= 0.3 is 12.1 Å². The van der Waals surface area contributed by atoms with E-state index in [0.29, 0.717) is 122 Å². The number of oxime groups is 1. The van der Waals surface area contributed by atoms with Crippen molar-refractivity contribution in [2.45, 2.75) is 85.7 Å². The minimum Gasteiger partial charge on any atom is -0.445 e. The number of urea groups is 1. The van der Waals surface area contributed by atoms with Gasteiger partial charge in [-0.3, -0.25) is 14.4 Å². The van der Waals surface area contributed by atoms with Gasteiger partial charge in [0.1, 0.15) is 24.4 Å². The Hall–Kier alpha value is -5.50. The van der Waals surface area contributed by atoms with Gasteiger partial charge in [-0.25, -0.2) is 14.3 Å². The molecule has 68 heavy (non-hydrogen) atoms. The number of benzene rings is 1. The molecule has 0 radical (unpaired) electrons. The third kappa shape index (κ3) is 30.0. The summed E-state index contributed by atoms with van der Waals surface area (Å²) in [5.41, 5.74) is 7.37. The van der Waals surface area contributed by atoms with E-state index in [-0.39, 0.29) is 38.6 Å². The Bertz CT molecular complexity index is 1730. The van der Waals surface area contributed by atoms with E-state index in [9.17, 15) is 24.0 Å². The second kappa shape index (κ2) is 37.5. The van der Waals surface area contributed by atoms with E-state index in [1.54, 1.807) is 62.8 Å². The number of nitrogens with two attached hydrogens (primary N) is 1. The minimum absolute atomic E-state index is 0.0522. The van der Waals surface area contributed by atoms with Gasteiger partial charge in [-0.15, -0.1) is 5.10 Å². The molecule has 2 aromatic rings. The van der Waals surface area contributed by atoms with Crippen LogP contribution in [0.3, 0.4) is 0 Å². The molecule has 0 spiro atoms. The van der Waals surface area contributed by atoms with Crippen LogP contribution in [0.15, 0.2) is 35.6 Å². The summed E-state index contributed by atoms with van der Waals surface area (Å²) in [7, 11) is 0. The third-order valence-corrected chi connectivity index (χ3v) is 8.95. The van der Waals surface area contributed by atoms with Gasteiger partial charge in [-0.1, -0.05) is 43.3 Å². The van der Waals surface area contributed by atoms with Crippen molar-refractivity contribution in [2.24, 2.45) is 16.8 Å². The minimum atomic E-state index is -1.03. The van der Waals surface area contributed by atoms with Crippen LogP contribution in [0.5, 0.6) is 0 Å². The van der Waals surface area contributed by atoms with E-state index in [4.69, 9.17) is 48.5 Å². The van der Waals surface area contributed by atoms with Crippen LogP contribution >= 0.6 is 0 Å². The van der Waals surface area contributed by atoms with Crippen molar-refractivity contribution in [3.05, 3.63) is 41.7 Å². The Labute approximate surface area is 398 Å². The van der Waals surface area contributed by atoms with Gasteiger partial charge in [0.2, 0.25) is 11.8 Å². The first kappa shape index (κ1) is 58.6. The van der Waals surface area contributed by atoms with Crippen molar-refractivity contribution in [2.75, 3.05) is 111 Å². The molecule has 0 saturated carbocycles. The number of nitrogens with zero attached hydrogens (tertiary/aromatic N) is 4. The molecule has 0 fully saturated rings. The maximum atomic E-state index is 13.4. The molecule has 0 bridgehead atoms. The normalized spacial score (nSPS) is 11.9. The van der Waals surface area contributed by atoms with Gasteiger partial charge in [0.25, 0.3) is 5.91 Å². The van der Waals surface area contributed by atoms with Gasteiger partial charge in [0, 0.05) is 18.8 Å². The molecule has 384 valence electrons. The average Bonchev–Trinajstić information content (AvgIpc) is 3.77. The Kier molecular flexibility index (Phi) is 32.3. The fourth-order valence-electron chi connectivity index (χ4n) is 5.55. The molecular formula is C44H74N10O14. The van der Waals surface area contributed by atoms with E-state index in [1.165, 1.54) is 0 Å². The van der Waals surface area contributed by atoms with Crippen molar-refractivity contribution < 1.29 is 66.7 Å². The number of hydrogen-bond donors (Lipinski definition) is 6. The highest BCUT2D eigenvalue weighted by atomic mass is 16.6. The van der Waals surface area contributed by atoms with Gasteiger partial charge < -0.3 is 75.1 Å². The van der Waals surface area contributed by atoms with E-state index < -0.39 is 41.9 Å². The van der Waals surface area contributed by atoms with Crippen LogP contribution < -0.4 is 32.3 Å². The van der Waals surface area contributed by atoms with Crippen LogP contribution in [0.2, 0.25) is 0 Å². The average molecular weight is 967 g/mol. The zero-order chi connectivity index (χ0) is 49.6. The first-order valence-corrected chi connectivity index (χ1v) is 22.9. The molecule has 0 unspecified atom stereocenters. The highest BCUT2D eigenvalue weighted by molar-refractivity contribution is 5.98. The smallest absolute Gasteiger partial charge is 0.407 e. The second-order valence-corrected chi connectivity index (χ2v) is 15.5. The summed E-state index contributed by atoms with van der Waals surface area (Å²) in [5, 5.41) is 25.0. The summed E-state index contributed by atoms with van der Waals surface area (Å²) < 4.78 is 45.3. The summed E-state index contributed by atoms with van der Waals surface area (Å²) in [6, 6.07) is 3.85. The molecule has 2 atom stereocenters. The molecule has 0 aliphatic carbocycles. The molecule has 24 nitrogen and oxygen atoms in total. The Morgan fingerprint density at radius 2 is 1.29 bits per heavy atom. The van der Waals surface area contributed by atoms with Crippen molar-refractivity contribution in [3.63, 3.8) is 0 Å². The number of aromatic nitrogens is 3. The lowest BCUT2D eigenvalue weighted by Gasteiger charge is -2.25. The third-order valence-electron chi connectivity index (χ3n) is 8.95. The quantitative estimate of drug-likeness (QED) is 0.0314. The van der Waals surface area contributed by atoms with E-state index in [0.717, 1.165) is 13.0 Å². The van der Waals surface area contributed by atoms with Crippen LogP contribution in [-0.2, 0) is 76.8 Å². The number of alkyl carbamates (subject to hydrolysis) is 1. The molecule has 7 N–H and O–H groups in total. The van der Waals surface area contributed by atoms with Gasteiger partial charge in [0.15, 0.2) is 6.61 Å². The predicted molar refractivity (Wildman–Crippen MR) is 248 cm³/mol. The molecule has 2 rings (SSSR count). The van der Waals surface area contributed by atoms with Gasteiger partial charge in [0.05, 0.1) is 111 Å². The summed E-state index contributed by atoms with van der Waals surface area (Å²) in [5.74, 6) is -2.00. The number of anilines is 1. The molecule has 0 aliphatic rings. The maximum absolute atomic E-state index is 13.4. The van der Waals surface area contributed by atoms with Crippen molar-refractivity contribution in [3.8, 4) is 0 Å². The highest BCUT2D eigenvalue weighted by Crippen LogP contribution is 2.13. The Morgan fingerprint density at radius 1 is 0.735 bits per heavy atom. The monoisotopic (exact) mass is 967 g/mol. The molecule has 1 aromatic heterocycles. The van der Waals surface area contributed by atoms with Crippen LogP contribution in [0.25, 0.3) is 0 Å². The zero-order valence-corrected chi connectivity index (χ0v) is 40.3. The van der Waals surface area contributed by atoms with Gasteiger partial charge in [-0.2, -0.15) is 0 Å². The number of primary amides is 1. The van der Waals surface area contributed by atoms with Crippen LogP contribution in [-0.4, -0.2) is 168 Å². The zero-order valence-electron chi connectivity index (χ0n) is 40.3. The van der Waals surface area contributed by atoms with Gasteiger partial charge in [-0.05, 0) is 56.7 Å². The summed E-state index contributed by atoms with van der Waals surface area (Å²) in [6.07, 6.45) is 2.49. The van der Waals surface area contributed by atoms with Crippen molar-refractivity contribution >= 4 is 41.2 Å². The number of carbonyl (C=O) groups excluding carboxylic acids is 5. The molecule has 6 amide bonds. The van der Waals surface area contributed by atoms with Crippen molar-refractivity contribution in [1.29, 1.82) is 0 Å². The number of amides is 6. The summed E-state index contributed by atoms with van der Waals surface area (Å²) in [6.45, 7) is 16.3. The molecule has 0 saturated heterocycles. The largest absolute Gasteiger partial charge is 0.445 e. The first-order chi connectivity index (χ1) is 32.9.